The van der Waals surface area contributed by atoms with Crippen LogP contribution in [0, 0.1) is 0 Å². The lowest BCUT2D eigenvalue weighted by molar-refractivity contribution is 0.660. The lowest BCUT2D eigenvalue weighted by atomic mass is 9.80. The van der Waals surface area contributed by atoms with Gasteiger partial charge in [-0.3, -0.25) is 0 Å². The van der Waals surface area contributed by atoms with Gasteiger partial charge in [0.15, 0.2) is 0 Å². The van der Waals surface area contributed by atoms with E-state index in [2.05, 4.69) is 168 Å². The first-order chi connectivity index (χ1) is 24.1. The predicted octanol–water partition coefficient (Wildman–Crippen LogP) is 13.4. The van der Waals surface area contributed by atoms with E-state index in [0.717, 1.165) is 0 Å². The lowest BCUT2D eigenvalue weighted by Crippen LogP contribution is -2.18. The van der Waals surface area contributed by atoms with Crippen LogP contribution in [0.25, 0.3) is 33.4 Å². The molecule has 9 rings (SSSR count). The molecular formula is C49H47N. The lowest BCUT2D eigenvalue weighted by Gasteiger charge is -2.32. The first kappa shape index (κ1) is 31.1. The summed E-state index contributed by atoms with van der Waals surface area (Å²) in [5.41, 5.74) is 21.7. The Labute approximate surface area is 298 Å². The summed E-state index contributed by atoms with van der Waals surface area (Å²) >= 11 is 0. The van der Waals surface area contributed by atoms with Gasteiger partial charge in [0.05, 0.1) is 5.69 Å². The van der Waals surface area contributed by atoms with Crippen LogP contribution in [0.4, 0.5) is 17.1 Å². The zero-order valence-corrected chi connectivity index (χ0v) is 30.4. The van der Waals surface area contributed by atoms with Crippen molar-refractivity contribution >= 4 is 17.1 Å². The minimum absolute atomic E-state index is 0.0853. The third-order valence-electron chi connectivity index (χ3n) is 12.2. The van der Waals surface area contributed by atoms with Gasteiger partial charge in [-0.25, -0.2) is 0 Å². The molecule has 6 aromatic rings. The van der Waals surface area contributed by atoms with Gasteiger partial charge >= 0.3 is 0 Å². The maximum Gasteiger partial charge on any atom is 0.0543 e. The van der Waals surface area contributed by atoms with Crippen molar-refractivity contribution in [3.8, 4) is 33.4 Å². The molecule has 0 heterocycles. The summed E-state index contributed by atoms with van der Waals surface area (Å²) < 4.78 is 0. The second-order valence-electron chi connectivity index (χ2n) is 16.2. The molecule has 50 heavy (non-hydrogen) atoms. The van der Waals surface area contributed by atoms with E-state index >= 15 is 0 Å². The zero-order chi connectivity index (χ0) is 34.4. The van der Waals surface area contributed by atoms with Crippen molar-refractivity contribution in [3.63, 3.8) is 0 Å². The Balaban J connectivity index is 1.35. The number of para-hydroxylation sites is 1. The third-order valence-corrected chi connectivity index (χ3v) is 12.2. The molecule has 0 radical (unpaired) electrons. The molecule has 0 amide bonds. The van der Waals surface area contributed by atoms with E-state index < -0.39 is 0 Å². The average Bonchev–Trinajstić information content (AvgIpc) is 3.50. The minimum Gasteiger partial charge on any atom is -0.310 e. The van der Waals surface area contributed by atoms with Gasteiger partial charge in [0.2, 0.25) is 0 Å². The maximum atomic E-state index is 2.58. The van der Waals surface area contributed by atoms with Gasteiger partial charge in [-0.15, -0.1) is 0 Å². The van der Waals surface area contributed by atoms with Crippen LogP contribution in [0.15, 0.2) is 121 Å². The Morgan fingerprint density at radius 3 is 1.68 bits per heavy atom. The van der Waals surface area contributed by atoms with Crippen LogP contribution in [0.2, 0.25) is 0 Å². The van der Waals surface area contributed by atoms with Gasteiger partial charge in [0.25, 0.3) is 0 Å². The van der Waals surface area contributed by atoms with Crippen LogP contribution >= 0.6 is 0 Å². The Hall–Kier alpha value is -4.88. The van der Waals surface area contributed by atoms with E-state index in [4.69, 9.17) is 0 Å². The average molecular weight is 650 g/mol. The Morgan fingerprint density at radius 2 is 1.02 bits per heavy atom. The highest BCUT2D eigenvalue weighted by atomic mass is 15.1. The summed E-state index contributed by atoms with van der Waals surface area (Å²) in [5.74, 6) is 0.409. The van der Waals surface area contributed by atoms with Crippen LogP contribution in [0.1, 0.15) is 99.2 Å². The number of fused-ring (bicyclic) bond motifs is 7. The van der Waals surface area contributed by atoms with Crippen molar-refractivity contribution < 1.29 is 0 Å². The number of nitrogens with zero attached hydrogens (tertiary/aromatic N) is 1. The third kappa shape index (κ3) is 4.59. The normalized spacial score (nSPS) is 16.0. The van der Waals surface area contributed by atoms with Gasteiger partial charge in [-0.2, -0.15) is 0 Å². The number of rotatable bonds is 5. The van der Waals surface area contributed by atoms with Crippen LogP contribution in [0.5, 0.6) is 0 Å². The molecule has 248 valence electrons. The van der Waals surface area contributed by atoms with Crippen molar-refractivity contribution in [1.29, 1.82) is 0 Å². The van der Waals surface area contributed by atoms with Gasteiger partial charge in [-0.05, 0) is 135 Å². The summed E-state index contributed by atoms with van der Waals surface area (Å²) in [6.45, 7) is 14.3. The van der Waals surface area contributed by atoms with Crippen molar-refractivity contribution in [1.82, 2.24) is 0 Å². The molecule has 0 bridgehead atoms. The van der Waals surface area contributed by atoms with Gasteiger partial charge in [0, 0.05) is 27.8 Å². The molecule has 0 saturated carbocycles. The van der Waals surface area contributed by atoms with E-state index in [-0.39, 0.29) is 10.8 Å². The molecule has 1 nitrogen and oxygen atoms in total. The largest absolute Gasteiger partial charge is 0.310 e. The predicted molar refractivity (Wildman–Crippen MR) is 212 cm³/mol. The molecule has 0 atom stereocenters. The molecule has 0 fully saturated rings. The van der Waals surface area contributed by atoms with E-state index in [9.17, 15) is 0 Å². The van der Waals surface area contributed by atoms with Gasteiger partial charge in [-0.1, -0.05) is 126 Å². The van der Waals surface area contributed by atoms with Crippen molar-refractivity contribution in [2.24, 2.45) is 0 Å². The van der Waals surface area contributed by atoms with Crippen LogP contribution in [0.3, 0.4) is 0 Å². The van der Waals surface area contributed by atoms with Crippen molar-refractivity contribution in [3.05, 3.63) is 160 Å². The number of aryl methyl sites for hydroxylation is 2. The number of hydrogen-bond acceptors (Lipinski definition) is 1. The highest BCUT2D eigenvalue weighted by molar-refractivity contribution is 5.96. The summed E-state index contributed by atoms with van der Waals surface area (Å²) in [7, 11) is 0. The fourth-order valence-electron chi connectivity index (χ4n) is 9.49. The van der Waals surface area contributed by atoms with Crippen molar-refractivity contribution in [2.75, 3.05) is 4.90 Å². The molecule has 0 spiro atoms. The molecule has 3 aliphatic rings. The highest BCUT2D eigenvalue weighted by Gasteiger charge is 2.39. The van der Waals surface area contributed by atoms with Crippen LogP contribution < -0.4 is 4.90 Å². The fraction of sp³-hybridized carbons (Fsp3) is 0.265. The van der Waals surface area contributed by atoms with Crippen LogP contribution in [-0.4, -0.2) is 0 Å². The van der Waals surface area contributed by atoms with E-state index in [1.807, 2.05) is 0 Å². The van der Waals surface area contributed by atoms with Crippen molar-refractivity contribution in [2.45, 2.75) is 84.0 Å². The van der Waals surface area contributed by atoms with E-state index in [1.165, 1.54) is 110 Å². The molecule has 0 aliphatic heterocycles. The van der Waals surface area contributed by atoms with E-state index in [1.54, 1.807) is 5.56 Å². The second-order valence-corrected chi connectivity index (χ2v) is 16.2. The minimum atomic E-state index is -0.111. The standard InChI is InChI=1S/C49H47N/c1-31(2)39-26-32-16-10-11-17-33(32)27-40(39)42-29-41-37-21-13-15-23-44(37)49(5,6)46(41)30-47(42)50(34-18-8-7-9-19-34)35-24-25-38-36-20-12-14-22-43(36)48(3,4)45(38)28-35/h7-9,12-15,18-31H,10-11,16-17H2,1-6H3. The molecule has 0 saturated heterocycles. The molecule has 6 aromatic carbocycles. The van der Waals surface area contributed by atoms with E-state index in [0.29, 0.717) is 5.92 Å². The fourth-order valence-corrected chi connectivity index (χ4v) is 9.49. The molecule has 1 heteroatoms. The Kier molecular flexibility index (Phi) is 7.05. The summed E-state index contributed by atoms with van der Waals surface area (Å²) in [5, 5.41) is 0. The summed E-state index contributed by atoms with van der Waals surface area (Å²) in [6.07, 6.45) is 4.92. The van der Waals surface area contributed by atoms with Gasteiger partial charge < -0.3 is 4.90 Å². The monoisotopic (exact) mass is 649 g/mol. The topological polar surface area (TPSA) is 3.24 Å². The van der Waals surface area contributed by atoms with Crippen LogP contribution in [-0.2, 0) is 23.7 Å². The SMILES string of the molecule is CC(C)c1cc2c(cc1-c1cc3c(cc1N(c1ccccc1)c1ccc4c(c1)C(C)(C)c1ccccc1-4)C(C)(C)c1ccccc1-3)CCCC2. The molecule has 0 N–H and O–H groups in total. The first-order valence-electron chi connectivity index (χ1n) is 18.7. The smallest absolute Gasteiger partial charge is 0.0543 e. The van der Waals surface area contributed by atoms with Gasteiger partial charge in [0.1, 0.15) is 0 Å². The quantitative estimate of drug-likeness (QED) is 0.180. The first-order valence-corrected chi connectivity index (χ1v) is 18.7. The zero-order valence-electron chi connectivity index (χ0n) is 30.4. The molecular weight excluding hydrogens is 603 g/mol. The molecule has 0 aromatic heterocycles. The summed E-state index contributed by atoms with van der Waals surface area (Å²) in [4.78, 5) is 2.55. The molecule has 3 aliphatic carbocycles. The molecule has 0 unspecified atom stereocenters. The number of hydrogen-bond donors (Lipinski definition) is 0. The Bertz CT molecular complexity index is 2300. The second kappa shape index (κ2) is 11.3. The number of benzene rings is 6. The highest BCUT2D eigenvalue weighted by Crippen LogP contribution is 2.55. The summed E-state index contributed by atoms with van der Waals surface area (Å²) in [6, 6.07) is 46.5. The Morgan fingerprint density at radius 1 is 0.460 bits per heavy atom. The maximum absolute atomic E-state index is 2.58. The number of anilines is 3.